The van der Waals surface area contributed by atoms with Crippen LogP contribution >= 0.6 is 47.3 Å². The van der Waals surface area contributed by atoms with Crippen LogP contribution in [0.15, 0.2) is 52.9 Å². The number of imidazole rings is 1. The normalized spacial score (nSPS) is 11.0. The van der Waals surface area contributed by atoms with E-state index < -0.39 is 0 Å². The maximum atomic E-state index is 5.88. The van der Waals surface area contributed by atoms with Gasteiger partial charge in [-0.2, -0.15) is 0 Å². The minimum Gasteiger partial charge on any atom is -0.356 e. The Morgan fingerprint density at radius 1 is 1.25 bits per heavy atom. The number of hydrogen-bond acceptors (Lipinski definition) is 3. The lowest BCUT2D eigenvalue weighted by molar-refractivity contribution is 0.625. The number of aromatic nitrogens is 2. The molecular weight excluding hydrogens is 457 g/mol. The summed E-state index contributed by atoms with van der Waals surface area (Å²) in [6.07, 6.45) is 6.63. The van der Waals surface area contributed by atoms with Crippen molar-refractivity contribution in [2.45, 2.75) is 17.9 Å². The van der Waals surface area contributed by atoms with Gasteiger partial charge in [-0.1, -0.05) is 11.6 Å². The first-order valence-electron chi connectivity index (χ1n) is 7.56. The van der Waals surface area contributed by atoms with Crippen molar-refractivity contribution < 1.29 is 0 Å². The lowest BCUT2D eigenvalue weighted by Gasteiger charge is -2.12. The molecule has 0 saturated carbocycles. The number of aliphatic imine (C=N–C) groups is 1. The molecule has 0 atom stereocenters. The van der Waals surface area contributed by atoms with Crippen LogP contribution < -0.4 is 10.6 Å². The maximum absolute atomic E-state index is 5.88. The van der Waals surface area contributed by atoms with Crippen LogP contribution in [0, 0.1) is 0 Å². The van der Waals surface area contributed by atoms with Crippen molar-refractivity contribution in [3.63, 3.8) is 0 Å². The third-order valence-corrected chi connectivity index (χ3v) is 4.41. The van der Waals surface area contributed by atoms with Crippen molar-refractivity contribution in [2.75, 3.05) is 25.9 Å². The third-order valence-electron chi connectivity index (χ3n) is 3.15. The second-order valence-electron chi connectivity index (χ2n) is 4.88. The second kappa shape index (κ2) is 12.4. The van der Waals surface area contributed by atoms with E-state index >= 15 is 0 Å². The Kier molecular flexibility index (Phi) is 10.9. The first kappa shape index (κ1) is 21.1. The predicted octanol–water partition coefficient (Wildman–Crippen LogP) is 3.50. The number of thioether (sulfide) groups is 1. The third kappa shape index (κ3) is 8.25. The van der Waals surface area contributed by atoms with E-state index in [0.29, 0.717) is 0 Å². The van der Waals surface area contributed by atoms with Crippen LogP contribution in [0.25, 0.3) is 0 Å². The molecule has 0 saturated heterocycles. The number of guanidine groups is 1. The molecule has 0 aliphatic carbocycles. The highest BCUT2D eigenvalue weighted by Gasteiger charge is 1.98. The molecule has 5 nitrogen and oxygen atoms in total. The summed E-state index contributed by atoms with van der Waals surface area (Å²) in [6, 6.07) is 7.91. The van der Waals surface area contributed by atoms with Crippen molar-refractivity contribution in [1.82, 2.24) is 20.2 Å². The number of hydrogen-bond donors (Lipinski definition) is 2. The average Bonchev–Trinajstić information content (AvgIpc) is 3.08. The monoisotopic (exact) mass is 479 g/mol. The number of aryl methyl sites for hydroxylation is 1. The summed E-state index contributed by atoms with van der Waals surface area (Å²) in [5, 5.41) is 7.41. The molecule has 0 unspecified atom stereocenters. The van der Waals surface area contributed by atoms with Crippen LogP contribution in [0.5, 0.6) is 0 Å². The lowest BCUT2D eigenvalue weighted by atomic mass is 10.4. The van der Waals surface area contributed by atoms with Crippen LogP contribution in [0.1, 0.15) is 6.42 Å². The molecule has 8 heteroatoms. The molecule has 2 aromatic rings. The number of benzene rings is 1. The molecule has 0 fully saturated rings. The number of nitrogens with zero attached hydrogens (tertiary/aromatic N) is 3. The highest BCUT2D eigenvalue weighted by atomic mass is 127. The maximum Gasteiger partial charge on any atom is 0.191 e. The average molecular weight is 480 g/mol. The van der Waals surface area contributed by atoms with Gasteiger partial charge in [0, 0.05) is 54.7 Å². The van der Waals surface area contributed by atoms with Gasteiger partial charge in [0.05, 0.1) is 6.33 Å². The lowest BCUT2D eigenvalue weighted by Crippen LogP contribution is -2.39. The van der Waals surface area contributed by atoms with Gasteiger partial charge in [0.25, 0.3) is 0 Å². The fraction of sp³-hybridized carbons (Fsp3) is 0.375. The van der Waals surface area contributed by atoms with Crippen molar-refractivity contribution in [1.29, 1.82) is 0 Å². The second-order valence-corrected chi connectivity index (χ2v) is 6.49. The van der Waals surface area contributed by atoms with Crippen molar-refractivity contribution in [3.8, 4) is 0 Å². The van der Waals surface area contributed by atoms with Crippen molar-refractivity contribution >= 4 is 53.3 Å². The van der Waals surface area contributed by atoms with Crippen LogP contribution in [0.4, 0.5) is 0 Å². The molecule has 1 heterocycles. The van der Waals surface area contributed by atoms with E-state index in [1.165, 1.54) is 4.90 Å². The van der Waals surface area contributed by atoms with E-state index in [4.69, 9.17) is 11.6 Å². The summed E-state index contributed by atoms with van der Waals surface area (Å²) in [5.41, 5.74) is 0. The van der Waals surface area contributed by atoms with E-state index in [9.17, 15) is 0 Å². The van der Waals surface area contributed by atoms with Gasteiger partial charge >= 0.3 is 0 Å². The highest BCUT2D eigenvalue weighted by Crippen LogP contribution is 2.19. The van der Waals surface area contributed by atoms with Gasteiger partial charge in [-0.3, -0.25) is 4.99 Å². The molecule has 24 heavy (non-hydrogen) atoms. The molecule has 1 aromatic carbocycles. The highest BCUT2D eigenvalue weighted by molar-refractivity contribution is 14.0. The van der Waals surface area contributed by atoms with E-state index in [1.807, 2.05) is 36.8 Å². The van der Waals surface area contributed by atoms with Gasteiger partial charge in [-0.05, 0) is 30.7 Å². The topological polar surface area (TPSA) is 54.2 Å². The molecule has 0 amide bonds. The fourth-order valence-electron chi connectivity index (χ4n) is 1.98. The Labute approximate surface area is 169 Å². The summed E-state index contributed by atoms with van der Waals surface area (Å²) in [4.78, 5) is 9.48. The molecular formula is C16H23ClIN5S. The van der Waals surface area contributed by atoms with Crippen molar-refractivity contribution in [3.05, 3.63) is 48.0 Å². The Morgan fingerprint density at radius 3 is 2.67 bits per heavy atom. The Balaban J connectivity index is 0.00000288. The minimum absolute atomic E-state index is 0. The molecule has 0 bridgehead atoms. The van der Waals surface area contributed by atoms with Crippen LogP contribution in [-0.2, 0) is 6.54 Å². The summed E-state index contributed by atoms with van der Waals surface area (Å²) >= 11 is 7.67. The molecule has 2 rings (SSSR count). The smallest absolute Gasteiger partial charge is 0.191 e. The summed E-state index contributed by atoms with van der Waals surface area (Å²) in [7, 11) is 1.79. The van der Waals surface area contributed by atoms with E-state index in [-0.39, 0.29) is 24.0 Å². The quantitative estimate of drug-likeness (QED) is 0.200. The Hall–Kier alpha value is -0.930. The summed E-state index contributed by atoms with van der Waals surface area (Å²) < 4.78 is 2.07. The van der Waals surface area contributed by atoms with Crippen LogP contribution in [-0.4, -0.2) is 41.4 Å². The molecule has 132 valence electrons. The first-order chi connectivity index (χ1) is 11.3. The zero-order valence-corrected chi connectivity index (χ0v) is 17.5. The molecule has 2 N–H and O–H groups in total. The SMILES string of the molecule is CN=C(NCCCn1ccnc1)NCCSc1ccc(Cl)cc1.I. The zero-order chi connectivity index (χ0) is 16.3. The number of rotatable bonds is 8. The number of halogens is 2. The molecule has 0 spiro atoms. The molecule has 1 aromatic heterocycles. The minimum atomic E-state index is 0. The Morgan fingerprint density at radius 2 is 2.00 bits per heavy atom. The number of nitrogens with one attached hydrogen (secondary N) is 2. The molecule has 0 aliphatic rings. The van der Waals surface area contributed by atoms with Gasteiger partial charge in [0.15, 0.2) is 5.96 Å². The van der Waals surface area contributed by atoms with Crippen LogP contribution in [0.2, 0.25) is 5.02 Å². The molecule has 0 radical (unpaired) electrons. The Bertz CT molecular complexity index is 589. The summed E-state index contributed by atoms with van der Waals surface area (Å²) in [6.45, 7) is 2.69. The predicted molar refractivity (Wildman–Crippen MR) is 114 cm³/mol. The fourth-order valence-corrected chi connectivity index (χ4v) is 2.87. The van der Waals surface area contributed by atoms with E-state index in [2.05, 4.69) is 25.2 Å². The van der Waals surface area contributed by atoms with Gasteiger partial charge < -0.3 is 15.2 Å². The van der Waals surface area contributed by atoms with Gasteiger partial charge in [-0.15, -0.1) is 35.7 Å². The van der Waals surface area contributed by atoms with Gasteiger partial charge in [0.1, 0.15) is 0 Å². The van der Waals surface area contributed by atoms with E-state index in [1.54, 1.807) is 25.0 Å². The van der Waals surface area contributed by atoms with Gasteiger partial charge in [0.2, 0.25) is 0 Å². The zero-order valence-electron chi connectivity index (χ0n) is 13.6. The van der Waals surface area contributed by atoms with Crippen molar-refractivity contribution in [2.24, 2.45) is 4.99 Å². The van der Waals surface area contributed by atoms with Crippen LogP contribution in [0.3, 0.4) is 0 Å². The standard InChI is InChI=1S/C16H22ClN5S.HI/c1-18-16(20-7-2-10-22-11-8-19-13-22)21-9-12-23-15-5-3-14(17)4-6-15;/h3-6,8,11,13H,2,7,9-10,12H2,1H3,(H2,18,20,21);1H. The largest absolute Gasteiger partial charge is 0.356 e. The molecule has 0 aliphatic heterocycles. The first-order valence-corrected chi connectivity index (χ1v) is 8.93. The van der Waals surface area contributed by atoms with E-state index in [0.717, 1.165) is 42.8 Å². The summed E-state index contributed by atoms with van der Waals surface area (Å²) in [5.74, 6) is 1.81. The van der Waals surface area contributed by atoms with Gasteiger partial charge in [-0.25, -0.2) is 4.98 Å².